The summed E-state index contributed by atoms with van der Waals surface area (Å²) in [5, 5.41) is 32.2. The smallest absolute Gasteiger partial charge is 0.0999 e. The van der Waals surface area contributed by atoms with Crippen molar-refractivity contribution in [1.82, 2.24) is 34.2 Å². The van der Waals surface area contributed by atoms with E-state index in [9.17, 15) is 5.11 Å². The topological polar surface area (TPSA) is 106 Å². The molecule has 0 spiro atoms. The molecular weight excluding hydrogens is 394 g/mol. The van der Waals surface area contributed by atoms with Crippen LogP contribution in [0.3, 0.4) is 0 Å². The summed E-state index contributed by atoms with van der Waals surface area (Å²) in [4.78, 5) is 4.93. The fourth-order valence-corrected chi connectivity index (χ4v) is 4.54. The third kappa shape index (κ3) is 3.43. The lowest BCUT2D eigenvalue weighted by molar-refractivity contribution is 0.0783. The molecule has 162 valence electrons. The molecule has 1 aliphatic carbocycles. The molecule has 0 saturated heterocycles. The summed E-state index contributed by atoms with van der Waals surface area (Å²) in [5.41, 5.74) is 4.25. The van der Waals surface area contributed by atoms with Crippen LogP contribution in [0.4, 0.5) is 0 Å². The molecule has 0 aromatic carbocycles. The van der Waals surface area contributed by atoms with Crippen LogP contribution in [0.25, 0.3) is 28.0 Å². The highest BCUT2D eigenvalue weighted by atomic mass is 16.3. The van der Waals surface area contributed by atoms with Crippen molar-refractivity contribution in [3.8, 4) is 22.5 Å². The van der Waals surface area contributed by atoms with E-state index in [0.717, 1.165) is 34.5 Å². The zero-order valence-corrected chi connectivity index (χ0v) is 17.8. The molecule has 1 fully saturated rings. The van der Waals surface area contributed by atoms with E-state index in [1.807, 2.05) is 29.2 Å². The van der Waals surface area contributed by atoms with Crippen LogP contribution in [-0.2, 0) is 12.1 Å². The normalized spacial score (nSPS) is 22.4. The summed E-state index contributed by atoms with van der Waals surface area (Å²) in [6.45, 7) is 4.50. The summed E-state index contributed by atoms with van der Waals surface area (Å²) >= 11 is 0. The second-order valence-electron chi connectivity index (χ2n) is 8.75. The van der Waals surface area contributed by atoms with Crippen LogP contribution < -0.4 is 0 Å². The summed E-state index contributed by atoms with van der Waals surface area (Å²) in [6.07, 6.45) is 13.9. The number of aliphatic hydroxyl groups is 2. The van der Waals surface area contributed by atoms with Gasteiger partial charge in [-0.2, -0.15) is 15.3 Å². The lowest BCUT2D eigenvalue weighted by Crippen LogP contribution is -2.33. The van der Waals surface area contributed by atoms with Crippen LogP contribution in [0, 0.1) is 5.92 Å². The van der Waals surface area contributed by atoms with Crippen LogP contribution in [0.2, 0.25) is 0 Å². The Labute approximate surface area is 180 Å². The van der Waals surface area contributed by atoms with E-state index in [-0.39, 0.29) is 18.7 Å². The summed E-state index contributed by atoms with van der Waals surface area (Å²) in [6, 6.07) is 1.95. The predicted octanol–water partition coefficient (Wildman–Crippen LogP) is 2.34. The number of nitrogens with zero attached hydrogens (tertiary/aromatic N) is 7. The van der Waals surface area contributed by atoms with Gasteiger partial charge in [0.15, 0.2) is 0 Å². The highest BCUT2D eigenvalue weighted by Gasteiger charge is 2.38. The fourth-order valence-electron chi connectivity index (χ4n) is 4.54. The Hall–Kier alpha value is -3.04. The molecule has 9 heteroatoms. The maximum atomic E-state index is 9.68. The Morgan fingerprint density at radius 1 is 1.16 bits per heavy atom. The van der Waals surface area contributed by atoms with Gasteiger partial charge in [-0.3, -0.25) is 9.36 Å². The lowest BCUT2D eigenvalue weighted by Gasteiger charge is -2.29. The van der Waals surface area contributed by atoms with Crippen molar-refractivity contribution in [2.75, 3.05) is 6.61 Å². The first kappa shape index (κ1) is 19.9. The van der Waals surface area contributed by atoms with Crippen molar-refractivity contribution in [3.63, 3.8) is 0 Å². The molecule has 0 bridgehead atoms. The van der Waals surface area contributed by atoms with Crippen molar-refractivity contribution in [1.29, 1.82) is 0 Å². The van der Waals surface area contributed by atoms with E-state index >= 15 is 0 Å². The van der Waals surface area contributed by atoms with Gasteiger partial charge in [-0.05, 0) is 31.7 Å². The molecule has 4 aromatic heterocycles. The second-order valence-corrected chi connectivity index (χ2v) is 8.75. The molecule has 1 aliphatic rings. The number of rotatable bonds is 6. The molecule has 0 amide bonds. The molecule has 9 nitrogen and oxygen atoms in total. The molecule has 0 aliphatic heterocycles. The Kier molecular flexibility index (Phi) is 4.86. The maximum Gasteiger partial charge on any atom is 0.0999 e. The van der Waals surface area contributed by atoms with Crippen molar-refractivity contribution in [2.45, 2.75) is 51.3 Å². The van der Waals surface area contributed by atoms with Gasteiger partial charge in [-0.1, -0.05) is 13.3 Å². The molecule has 4 aromatic rings. The molecule has 31 heavy (non-hydrogen) atoms. The summed E-state index contributed by atoms with van der Waals surface area (Å²) in [7, 11) is 0. The van der Waals surface area contributed by atoms with Gasteiger partial charge in [0, 0.05) is 23.5 Å². The number of hydrogen-bond donors (Lipinski definition) is 2. The number of fused-ring (bicyclic) bond motifs is 1. The van der Waals surface area contributed by atoms with Crippen LogP contribution in [0.1, 0.15) is 33.1 Å². The molecule has 1 saturated carbocycles. The zero-order valence-electron chi connectivity index (χ0n) is 17.8. The standard InChI is InChI=1S/C22H27N7O2/c1-15-4-3-6-22(15,2)29-11-17(9-25-29)21-20-5-7-23-28(20)13-19(26-21)16-8-24-27(10-16)12-18(31)14-30/h5,7-11,13,15,18,30-31H,3-4,6,12,14H2,1-2H3/t15?,18?,22-/m1/s1. The van der Waals surface area contributed by atoms with Gasteiger partial charge in [0.2, 0.25) is 0 Å². The monoisotopic (exact) mass is 421 g/mol. The molecule has 4 heterocycles. The van der Waals surface area contributed by atoms with Gasteiger partial charge < -0.3 is 10.2 Å². The summed E-state index contributed by atoms with van der Waals surface area (Å²) < 4.78 is 5.52. The van der Waals surface area contributed by atoms with E-state index in [0.29, 0.717) is 5.92 Å². The molecular formula is C22H27N7O2. The van der Waals surface area contributed by atoms with Crippen molar-refractivity contribution >= 4 is 5.52 Å². The SMILES string of the molecule is CC1CCC[C@@]1(C)n1cc(-c2nc(-c3cnn(CC(O)CO)c3)cn3nccc23)cn1. The highest BCUT2D eigenvalue weighted by Crippen LogP contribution is 2.41. The average molecular weight is 422 g/mol. The molecule has 5 rings (SSSR count). The van der Waals surface area contributed by atoms with Crippen molar-refractivity contribution in [3.05, 3.63) is 43.2 Å². The Balaban J connectivity index is 1.54. The Morgan fingerprint density at radius 3 is 2.77 bits per heavy atom. The van der Waals surface area contributed by atoms with Gasteiger partial charge in [0.05, 0.1) is 66.5 Å². The largest absolute Gasteiger partial charge is 0.394 e. The third-order valence-corrected chi connectivity index (χ3v) is 6.69. The first-order chi connectivity index (χ1) is 15.0. The molecule has 2 N–H and O–H groups in total. The number of hydrogen-bond acceptors (Lipinski definition) is 6. The second kappa shape index (κ2) is 7.58. The van der Waals surface area contributed by atoms with Crippen LogP contribution in [-0.4, -0.2) is 57.1 Å². The van der Waals surface area contributed by atoms with Crippen molar-refractivity contribution < 1.29 is 10.2 Å². The Morgan fingerprint density at radius 2 is 2.00 bits per heavy atom. The first-order valence-corrected chi connectivity index (χ1v) is 10.7. The quantitative estimate of drug-likeness (QED) is 0.495. The highest BCUT2D eigenvalue weighted by molar-refractivity contribution is 5.78. The van der Waals surface area contributed by atoms with E-state index in [4.69, 9.17) is 15.2 Å². The molecule has 2 unspecified atom stereocenters. The minimum absolute atomic E-state index is 0.0288. The minimum Gasteiger partial charge on any atom is -0.394 e. The lowest BCUT2D eigenvalue weighted by atomic mass is 9.91. The predicted molar refractivity (Wildman–Crippen MR) is 115 cm³/mol. The summed E-state index contributed by atoms with van der Waals surface area (Å²) in [5.74, 6) is 0.578. The minimum atomic E-state index is -0.852. The zero-order chi connectivity index (χ0) is 21.6. The van der Waals surface area contributed by atoms with E-state index < -0.39 is 6.10 Å². The van der Waals surface area contributed by atoms with Crippen LogP contribution in [0.5, 0.6) is 0 Å². The molecule has 0 radical (unpaired) electrons. The fraction of sp³-hybridized carbons (Fsp3) is 0.455. The first-order valence-electron chi connectivity index (χ1n) is 10.7. The van der Waals surface area contributed by atoms with Gasteiger partial charge in [0.25, 0.3) is 0 Å². The number of aromatic nitrogens is 7. The van der Waals surface area contributed by atoms with E-state index in [1.165, 1.54) is 12.8 Å². The number of aliphatic hydroxyl groups excluding tert-OH is 2. The van der Waals surface area contributed by atoms with Gasteiger partial charge >= 0.3 is 0 Å². The van der Waals surface area contributed by atoms with Gasteiger partial charge in [-0.15, -0.1) is 0 Å². The van der Waals surface area contributed by atoms with E-state index in [1.54, 1.807) is 17.1 Å². The van der Waals surface area contributed by atoms with Gasteiger partial charge in [0.1, 0.15) is 0 Å². The average Bonchev–Trinajstić information content (AvgIpc) is 3.55. The van der Waals surface area contributed by atoms with Crippen LogP contribution in [0.15, 0.2) is 43.2 Å². The van der Waals surface area contributed by atoms with Crippen LogP contribution >= 0.6 is 0 Å². The van der Waals surface area contributed by atoms with Gasteiger partial charge in [-0.25, -0.2) is 9.50 Å². The maximum absolute atomic E-state index is 9.68. The van der Waals surface area contributed by atoms with E-state index in [2.05, 4.69) is 34.9 Å². The third-order valence-electron chi connectivity index (χ3n) is 6.69. The molecule has 3 atom stereocenters. The van der Waals surface area contributed by atoms with Crippen molar-refractivity contribution in [2.24, 2.45) is 5.92 Å². The Bertz CT molecular complexity index is 1210.